The van der Waals surface area contributed by atoms with Crippen molar-refractivity contribution in [2.45, 2.75) is 13.1 Å². The van der Waals surface area contributed by atoms with E-state index in [-0.39, 0.29) is 11.8 Å². The van der Waals surface area contributed by atoms with Crippen LogP contribution in [-0.4, -0.2) is 16.1 Å². The average molecular weight is 336 g/mol. The van der Waals surface area contributed by atoms with Crippen molar-refractivity contribution < 1.29 is 9.90 Å². The lowest BCUT2D eigenvalue weighted by atomic mass is 10.2. The number of nitrogens with one attached hydrogen (secondary N) is 2. The molecule has 1 aromatic heterocycles. The number of rotatable bonds is 4. The van der Waals surface area contributed by atoms with Crippen LogP contribution in [0.5, 0.6) is 5.75 Å². The second kappa shape index (κ2) is 6.91. The van der Waals surface area contributed by atoms with Gasteiger partial charge in [0, 0.05) is 25.5 Å². The summed E-state index contributed by atoms with van der Waals surface area (Å²) in [5, 5.41) is 14.9. The summed E-state index contributed by atoms with van der Waals surface area (Å²) >= 11 is 3.23. The number of phenolic OH excluding ortho intramolecular Hbond substituents is 1. The number of halogens is 1. The van der Waals surface area contributed by atoms with E-state index < -0.39 is 0 Å². The number of phenols is 1. The lowest BCUT2D eigenvalue weighted by molar-refractivity contribution is 0.240. The molecule has 6 heteroatoms. The van der Waals surface area contributed by atoms with Crippen molar-refractivity contribution >= 4 is 22.0 Å². The van der Waals surface area contributed by atoms with Crippen LogP contribution >= 0.6 is 15.9 Å². The predicted octanol–water partition coefficient (Wildman–Crippen LogP) is 2.55. The summed E-state index contributed by atoms with van der Waals surface area (Å²) in [7, 11) is 0. The normalized spacial score (nSPS) is 10.1. The minimum atomic E-state index is -0.244. The molecule has 2 aromatic rings. The molecule has 1 aromatic carbocycles. The monoisotopic (exact) mass is 335 g/mol. The number of carbonyl (C=O) groups is 1. The van der Waals surface area contributed by atoms with Gasteiger partial charge < -0.3 is 15.7 Å². The van der Waals surface area contributed by atoms with E-state index in [4.69, 9.17) is 0 Å². The Bertz CT molecular complexity index is 590. The van der Waals surface area contributed by atoms with Crippen molar-refractivity contribution in [2.75, 3.05) is 0 Å². The SMILES string of the molecule is O=C(NCc1ccncc1)NCc1ccc(O)c(Br)c1. The fourth-order valence-electron chi connectivity index (χ4n) is 1.59. The summed E-state index contributed by atoms with van der Waals surface area (Å²) < 4.78 is 0.606. The molecule has 0 aliphatic carbocycles. The topological polar surface area (TPSA) is 74.2 Å². The average Bonchev–Trinajstić information content (AvgIpc) is 2.47. The molecule has 5 nitrogen and oxygen atoms in total. The molecule has 0 aliphatic heterocycles. The van der Waals surface area contributed by atoms with E-state index in [1.54, 1.807) is 30.6 Å². The van der Waals surface area contributed by atoms with E-state index in [2.05, 4.69) is 31.5 Å². The Morgan fingerprint density at radius 3 is 2.40 bits per heavy atom. The Kier molecular flexibility index (Phi) is 4.95. The van der Waals surface area contributed by atoms with Crippen molar-refractivity contribution in [2.24, 2.45) is 0 Å². The fraction of sp³-hybridized carbons (Fsp3) is 0.143. The number of benzene rings is 1. The summed E-state index contributed by atoms with van der Waals surface area (Å²) in [5.41, 5.74) is 1.89. The van der Waals surface area contributed by atoms with Crippen LogP contribution in [0.25, 0.3) is 0 Å². The first-order valence-corrected chi connectivity index (χ1v) is 6.82. The summed E-state index contributed by atoms with van der Waals surface area (Å²) in [4.78, 5) is 15.6. The Morgan fingerprint density at radius 2 is 1.75 bits per heavy atom. The van der Waals surface area contributed by atoms with Crippen LogP contribution in [0, 0.1) is 0 Å². The van der Waals surface area contributed by atoms with Gasteiger partial charge in [-0.3, -0.25) is 4.98 Å². The maximum absolute atomic E-state index is 11.6. The third-order valence-corrected chi connectivity index (χ3v) is 3.30. The van der Waals surface area contributed by atoms with Gasteiger partial charge in [0.1, 0.15) is 5.75 Å². The third-order valence-electron chi connectivity index (χ3n) is 2.67. The number of hydrogen-bond acceptors (Lipinski definition) is 3. The summed E-state index contributed by atoms with van der Waals surface area (Å²) in [6.07, 6.45) is 3.37. The zero-order valence-corrected chi connectivity index (χ0v) is 12.2. The number of nitrogens with zero attached hydrogens (tertiary/aromatic N) is 1. The number of urea groups is 1. The summed E-state index contributed by atoms with van der Waals surface area (Å²) in [6.45, 7) is 0.842. The highest BCUT2D eigenvalue weighted by Crippen LogP contribution is 2.24. The van der Waals surface area contributed by atoms with Crippen LogP contribution < -0.4 is 10.6 Å². The molecule has 2 amide bonds. The Morgan fingerprint density at radius 1 is 1.10 bits per heavy atom. The number of amides is 2. The van der Waals surface area contributed by atoms with Crippen molar-refractivity contribution in [1.29, 1.82) is 0 Å². The van der Waals surface area contributed by atoms with Crippen molar-refractivity contribution in [3.63, 3.8) is 0 Å². The number of pyridine rings is 1. The van der Waals surface area contributed by atoms with E-state index in [9.17, 15) is 9.90 Å². The van der Waals surface area contributed by atoms with E-state index in [1.165, 1.54) is 0 Å². The van der Waals surface area contributed by atoms with Gasteiger partial charge >= 0.3 is 6.03 Å². The lowest BCUT2D eigenvalue weighted by Crippen LogP contribution is -2.34. The van der Waals surface area contributed by atoms with Gasteiger partial charge in [-0.15, -0.1) is 0 Å². The van der Waals surface area contributed by atoms with E-state index >= 15 is 0 Å². The van der Waals surface area contributed by atoms with Gasteiger partial charge in [0.2, 0.25) is 0 Å². The number of aromatic nitrogens is 1. The van der Waals surface area contributed by atoms with Gasteiger partial charge in [0.25, 0.3) is 0 Å². The van der Waals surface area contributed by atoms with Gasteiger partial charge in [0.15, 0.2) is 0 Å². The molecule has 0 spiro atoms. The molecule has 104 valence electrons. The standard InChI is InChI=1S/C14H14BrN3O2/c15-12-7-11(1-2-13(12)19)9-18-14(20)17-8-10-3-5-16-6-4-10/h1-7,19H,8-9H2,(H2,17,18,20). The molecule has 0 atom stereocenters. The Balaban J connectivity index is 1.79. The molecule has 20 heavy (non-hydrogen) atoms. The zero-order valence-electron chi connectivity index (χ0n) is 10.6. The zero-order chi connectivity index (χ0) is 14.4. The second-order valence-corrected chi connectivity index (χ2v) is 5.03. The largest absolute Gasteiger partial charge is 0.507 e. The molecular weight excluding hydrogens is 322 g/mol. The molecule has 0 fully saturated rings. The highest BCUT2D eigenvalue weighted by molar-refractivity contribution is 9.10. The van der Waals surface area contributed by atoms with Gasteiger partial charge in [0.05, 0.1) is 4.47 Å². The number of hydrogen-bond donors (Lipinski definition) is 3. The number of aromatic hydroxyl groups is 1. The molecule has 0 saturated carbocycles. The smallest absolute Gasteiger partial charge is 0.315 e. The second-order valence-electron chi connectivity index (χ2n) is 4.18. The van der Waals surface area contributed by atoms with E-state index in [0.29, 0.717) is 17.6 Å². The van der Waals surface area contributed by atoms with Gasteiger partial charge in [-0.25, -0.2) is 4.79 Å². The highest BCUT2D eigenvalue weighted by atomic mass is 79.9. The van der Waals surface area contributed by atoms with Crippen LogP contribution in [0.3, 0.4) is 0 Å². The molecular formula is C14H14BrN3O2. The van der Waals surface area contributed by atoms with E-state index in [1.807, 2.05) is 12.1 Å². The molecule has 1 heterocycles. The molecule has 0 unspecified atom stereocenters. The fourth-order valence-corrected chi connectivity index (χ4v) is 2.01. The van der Waals surface area contributed by atoms with Crippen molar-refractivity contribution in [3.8, 4) is 5.75 Å². The maximum Gasteiger partial charge on any atom is 0.315 e. The molecule has 0 saturated heterocycles. The van der Waals surface area contributed by atoms with Crippen molar-refractivity contribution in [3.05, 3.63) is 58.3 Å². The van der Waals surface area contributed by atoms with Crippen molar-refractivity contribution in [1.82, 2.24) is 15.6 Å². The van der Waals surface area contributed by atoms with Crippen LogP contribution in [0.1, 0.15) is 11.1 Å². The van der Waals surface area contributed by atoms with Crippen LogP contribution in [0.4, 0.5) is 4.79 Å². The summed E-state index contributed by atoms with van der Waals surface area (Å²) in [6, 6.07) is 8.54. The third kappa shape index (κ3) is 4.24. The first-order valence-electron chi connectivity index (χ1n) is 6.03. The highest BCUT2D eigenvalue weighted by Gasteiger charge is 2.03. The molecule has 3 N–H and O–H groups in total. The van der Waals surface area contributed by atoms with Crippen LogP contribution in [0.2, 0.25) is 0 Å². The van der Waals surface area contributed by atoms with Gasteiger partial charge in [-0.1, -0.05) is 6.07 Å². The molecule has 2 rings (SSSR count). The van der Waals surface area contributed by atoms with Crippen LogP contribution in [-0.2, 0) is 13.1 Å². The Labute approximate surface area is 125 Å². The van der Waals surface area contributed by atoms with Gasteiger partial charge in [-0.2, -0.15) is 0 Å². The summed E-state index contributed by atoms with van der Waals surface area (Å²) in [5.74, 6) is 0.177. The lowest BCUT2D eigenvalue weighted by Gasteiger charge is -2.08. The van der Waals surface area contributed by atoms with Crippen LogP contribution in [0.15, 0.2) is 47.2 Å². The molecule has 0 aliphatic rings. The quantitative estimate of drug-likeness (QED) is 0.803. The predicted molar refractivity (Wildman–Crippen MR) is 79.1 cm³/mol. The molecule has 0 bridgehead atoms. The number of carbonyl (C=O) groups excluding carboxylic acids is 1. The first-order chi connectivity index (χ1) is 9.65. The Hall–Kier alpha value is -2.08. The first kappa shape index (κ1) is 14.3. The minimum Gasteiger partial charge on any atom is -0.507 e. The van der Waals surface area contributed by atoms with Gasteiger partial charge in [-0.05, 0) is 51.3 Å². The van der Waals surface area contributed by atoms with E-state index in [0.717, 1.165) is 11.1 Å². The molecule has 0 radical (unpaired) electrons. The minimum absolute atomic E-state index is 0.177. The maximum atomic E-state index is 11.6.